The summed E-state index contributed by atoms with van der Waals surface area (Å²) in [7, 11) is 3.01. The molecule has 2 aromatic carbocycles. The maximum absolute atomic E-state index is 13.8. The van der Waals surface area contributed by atoms with Gasteiger partial charge in [-0.1, -0.05) is 0 Å². The SMILES string of the molecule is COc1ccc(Nc2ccc([N+](=O)[O-])cc2F)cc1OC. The van der Waals surface area contributed by atoms with Gasteiger partial charge < -0.3 is 14.8 Å². The Labute approximate surface area is 120 Å². The summed E-state index contributed by atoms with van der Waals surface area (Å²) < 4.78 is 24.1. The predicted octanol–water partition coefficient (Wildman–Crippen LogP) is 3.49. The Kier molecular flexibility index (Phi) is 4.22. The first kappa shape index (κ1) is 14.6. The fourth-order valence-electron chi connectivity index (χ4n) is 1.79. The van der Waals surface area contributed by atoms with E-state index in [1.165, 1.54) is 26.4 Å². The third-order valence-corrected chi connectivity index (χ3v) is 2.83. The molecule has 0 aliphatic carbocycles. The summed E-state index contributed by atoms with van der Waals surface area (Å²) in [5.41, 5.74) is 0.401. The summed E-state index contributed by atoms with van der Waals surface area (Å²) in [6, 6.07) is 8.39. The lowest BCUT2D eigenvalue weighted by Crippen LogP contribution is -1.97. The van der Waals surface area contributed by atoms with Crippen molar-refractivity contribution in [2.24, 2.45) is 0 Å². The highest BCUT2D eigenvalue weighted by Crippen LogP contribution is 2.32. The average Bonchev–Trinajstić information content (AvgIpc) is 2.48. The van der Waals surface area contributed by atoms with E-state index in [1.807, 2.05) is 0 Å². The van der Waals surface area contributed by atoms with Gasteiger partial charge in [-0.25, -0.2) is 4.39 Å². The third kappa shape index (κ3) is 3.19. The highest BCUT2D eigenvalue weighted by atomic mass is 19.1. The molecule has 110 valence electrons. The molecule has 0 radical (unpaired) electrons. The number of nitrogens with zero attached hydrogens (tertiary/aromatic N) is 1. The molecule has 0 aliphatic rings. The van der Waals surface area contributed by atoms with E-state index >= 15 is 0 Å². The quantitative estimate of drug-likeness (QED) is 0.674. The lowest BCUT2D eigenvalue weighted by molar-refractivity contribution is -0.385. The van der Waals surface area contributed by atoms with Crippen LogP contribution in [0.4, 0.5) is 21.5 Å². The van der Waals surface area contributed by atoms with E-state index in [9.17, 15) is 14.5 Å². The molecule has 21 heavy (non-hydrogen) atoms. The van der Waals surface area contributed by atoms with Gasteiger partial charge in [-0.15, -0.1) is 0 Å². The van der Waals surface area contributed by atoms with Crippen LogP contribution in [0.25, 0.3) is 0 Å². The Bertz CT molecular complexity index is 676. The van der Waals surface area contributed by atoms with Gasteiger partial charge in [0.1, 0.15) is 0 Å². The Morgan fingerprint density at radius 2 is 1.81 bits per heavy atom. The third-order valence-electron chi connectivity index (χ3n) is 2.83. The molecule has 0 bridgehead atoms. The predicted molar refractivity (Wildman–Crippen MR) is 75.9 cm³/mol. The minimum Gasteiger partial charge on any atom is -0.493 e. The molecule has 7 heteroatoms. The number of nitrogens with one attached hydrogen (secondary N) is 1. The molecule has 0 aliphatic heterocycles. The Morgan fingerprint density at radius 3 is 2.38 bits per heavy atom. The van der Waals surface area contributed by atoms with Crippen LogP contribution in [0, 0.1) is 15.9 Å². The molecule has 0 heterocycles. The number of anilines is 2. The van der Waals surface area contributed by atoms with Crippen LogP contribution in [0.15, 0.2) is 36.4 Å². The van der Waals surface area contributed by atoms with Crippen LogP contribution >= 0.6 is 0 Å². The number of benzene rings is 2. The van der Waals surface area contributed by atoms with Crippen molar-refractivity contribution in [3.8, 4) is 11.5 Å². The van der Waals surface area contributed by atoms with Gasteiger partial charge in [-0.2, -0.15) is 0 Å². The minimum absolute atomic E-state index is 0.132. The van der Waals surface area contributed by atoms with Crippen molar-refractivity contribution >= 4 is 17.1 Å². The van der Waals surface area contributed by atoms with Gasteiger partial charge in [-0.05, 0) is 18.2 Å². The number of methoxy groups -OCH3 is 2. The smallest absolute Gasteiger partial charge is 0.272 e. The Hall–Kier alpha value is -2.83. The zero-order valence-electron chi connectivity index (χ0n) is 11.4. The van der Waals surface area contributed by atoms with Crippen molar-refractivity contribution in [2.45, 2.75) is 0 Å². The van der Waals surface area contributed by atoms with Crippen molar-refractivity contribution < 1.29 is 18.8 Å². The van der Waals surface area contributed by atoms with Crippen LogP contribution in [0.3, 0.4) is 0 Å². The molecule has 0 saturated heterocycles. The first-order valence-corrected chi connectivity index (χ1v) is 5.98. The van der Waals surface area contributed by atoms with E-state index in [0.29, 0.717) is 17.2 Å². The van der Waals surface area contributed by atoms with Crippen LogP contribution in [0.1, 0.15) is 0 Å². The number of halogens is 1. The number of nitro benzene ring substituents is 1. The Balaban J connectivity index is 2.28. The van der Waals surface area contributed by atoms with Crippen molar-refractivity contribution in [1.82, 2.24) is 0 Å². The van der Waals surface area contributed by atoms with Crippen molar-refractivity contribution in [3.05, 3.63) is 52.3 Å². The minimum atomic E-state index is -0.709. The highest BCUT2D eigenvalue weighted by Gasteiger charge is 2.11. The van der Waals surface area contributed by atoms with Gasteiger partial charge >= 0.3 is 0 Å². The number of non-ortho nitro benzene ring substituents is 1. The van der Waals surface area contributed by atoms with E-state index in [0.717, 1.165) is 6.07 Å². The molecular weight excluding hydrogens is 279 g/mol. The lowest BCUT2D eigenvalue weighted by Gasteiger charge is -2.11. The summed E-state index contributed by atoms with van der Waals surface area (Å²) in [6.45, 7) is 0. The number of nitro groups is 1. The van der Waals surface area contributed by atoms with Crippen LogP contribution < -0.4 is 14.8 Å². The Morgan fingerprint density at radius 1 is 1.10 bits per heavy atom. The van der Waals surface area contributed by atoms with Gasteiger partial charge in [0.15, 0.2) is 17.3 Å². The van der Waals surface area contributed by atoms with Gasteiger partial charge in [0.05, 0.1) is 30.9 Å². The second-order valence-corrected chi connectivity index (χ2v) is 4.12. The molecule has 0 unspecified atom stereocenters. The molecule has 1 N–H and O–H groups in total. The fourth-order valence-corrected chi connectivity index (χ4v) is 1.79. The largest absolute Gasteiger partial charge is 0.493 e. The van der Waals surface area contributed by atoms with Crippen LogP contribution in [0.2, 0.25) is 0 Å². The second-order valence-electron chi connectivity index (χ2n) is 4.12. The summed E-state index contributed by atoms with van der Waals surface area (Å²) >= 11 is 0. The van der Waals surface area contributed by atoms with E-state index in [1.54, 1.807) is 18.2 Å². The number of hydrogen-bond acceptors (Lipinski definition) is 5. The molecular formula is C14H13FN2O4. The van der Waals surface area contributed by atoms with Crippen molar-refractivity contribution in [2.75, 3.05) is 19.5 Å². The number of rotatable bonds is 5. The normalized spacial score (nSPS) is 10.0. The molecule has 0 atom stereocenters. The number of hydrogen-bond donors (Lipinski definition) is 1. The van der Waals surface area contributed by atoms with E-state index in [2.05, 4.69) is 5.32 Å². The van der Waals surface area contributed by atoms with Crippen molar-refractivity contribution in [1.29, 1.82) is 0 Å². The molecule has 0 aromatic heterocycles. The number of ether oxygens (including phenoxy) is 2. The summed E-state index contributed by atoms with van der Waals surface area (Å²) in [5, 5.41) is 13.4. The summed E-state index contributed by atoms with van der Waals surface area (Å²) in [6.07, 6.45) is 0. The molecule has 0 spiro atoms. The van der Waals surface area contributed by atoms with Crippen LogP contribution in [-0.4, -0.2) is 19.1 Å². The zero-order valence-corrected chi connectivity index (χ0v) is 11.4. The zero-order chi connectivity index (χ0) is 15.4. The van der Waals surface area contributed by atoms with Gasteiger partial charge in [0.2, 0.25) is 0 Å². The van der Waals surface area contributed by atoms with E-state index in [-0.39, 0.29) is 11.4 Å². The fraction of sp³-hybridized carbons (Fsp3) is 0.143. The van der Waals surface area contributed by atoms with Crippen molar-refractivity contribution in [3.63, 3.8) is 0 Å². The monoisotopic (exact) mass is 292 g/mol. The molecule has 0 amide bonds. The van der Waals surface area contributed by atoms with Crippen LogP contribution in [-0.2, 0) is 0 Å². The van der Waals surface area contributed by atoms with Gasteiger partial charge in [0, 0.05) is 17.8 Å². The maximum atomic E-state index is 13.8. The molecule has 6 nitrogen and oxygen atoms in total. The molecule has 2 aromatic rings. The first-order valence-electron chi connectivity index (χ1n) is 5.98. The summed E-state index contributed by atoms with van der Waals surface area (Å²) in [5.74, 6) is 0.330. The van der Waals surface area contributed by atoms with Crippen LogP contribution in [0.5, 0.6) is 11.5 Å². The second kappa shape index (κ2) is 6.08. The standard InChI is InChI=1S/C14H13FN2O4/c1-20-13-6-3-9(7-14(13)21-2)16-12-5-4-10(17(18)19)8-11(12)15/h3-8,16H,1-2H3. The molecule has 2 rings (SSSR count). The topological polar surface area (TPSA) is 73.6 Å². The lowest BCUT2D eigenvalue weighted by atomic mass is 10.2. The molecule has 0 saturated carbocycles. The summed E-state index contributed by atoms with van der Waals surface area (Å²) in [4.78, 5) is 9.92. The van der Waals surface area contributed by atoms with Gasteiger partial charge in [0.25, 0.3) is 5.69 Å². The maximum Gasteiger partial charge on any atom is 0.272 e. The highest BCUT2D eigenvalue weighted by molar-refractivity contribution is 5.65. The van der Waals surface area contributed by atoms with E-state index < -0.39 is 10.7 Å². The van der Waals surface area contributed by atoms with Gasteiger partial charge in [-0.3, -0.25) is 10.1 Å². The average molecular weight is 292 g/mol. The van der Waals surface area contributed by atoms with E-state index in [4.69, 9.17) is 9.47 Å². The molecule has 0 fully saturated rings. The first-order chi connectivity index (χ1) is 10.0.